The first kappa shape index (κ1) is 17.9. The average molecular weight is 375 g/mol. The van der Waals surface area contributed by atoms with Crippen LogP contribution in [0.3, 0.4) is 0 Å². The van der Waals surface area contributed by atoms with Crippen LogP contribution in [0.25, 0.3) is 0 Å². The van der Waals surface area contributed by atoms with E-state index in [1.165, 1.54) is 0 Å². The fourth-order valence-corrected chi connectivity index (χ4v) is 3.02. The van der Waals surface area contributed by atoms with Gasteiger partial charge in [0.1, 0.15) is 23.9 Å². The molecule has 1 saturated heterocycles. The van der Waals surface area contributed by atoms with Gasteiger partial charge in [0, 0.05) is 18.9 Å². The molecule has 4 rings (SSSR count). The Kier molecular flexibility index (Phi) is 5.10. The topological polar surface area (TPSA) is 63.7 Å². The molecule has 1 N–H and O–H groups in total. The maximum atomic E-state index is 11.4. The molecule has 6 heteroatoms. The molecular formula is C22H21N3O3. The molecule has 0 saturated carbocycles. The molecule has 0 bridgehead atoms. The van der Waals surface area contributed by atoms with Gasteiger partial charge in [-0.2, -0.15) is 0 Å². The van der Waals surface area contributed by atoms with Crippen LogP contribution in [-0.2, 0) is 11.2 Å². The van der Waals surface area contributed by atoms with Gasteiger partial charge in [-0.25, -0.2) is 9.78 Å². The summed E-state index contributed by atoms with van der Waals surface area (Å²) in [4.78, 5) is 17.3. The van der Waals surface area contributed by atoms with Gasteiger partial charge in [0.2, 0.25) is 0 Å². The molecule has 0 aliphatic carbocycles. The van der Waals surface area contributed by atoms with Crippen LogP contribution in [-0.4, -0.2) is 35.7 Å². The summed E-state index contributed by atoms with van der Waals surface area (Å²) in [5, 5.41) is 3.24. The summed E-state index contributed by atoms with van der Waals surface area (Å²) in [7, 11) is 1.77. The number of cyclic esters (lactones) is 1. The van der Waals surface area contributed by atoms with Crippen LogP contribution in [0.5, 0.6) is 11.5 Å². The third kappa shape index (κ3) is 4.23. The summed E-state index contributed by atoms with van der Waals surface area (Å²) in [6.45, 7) is 0.437. The van der Waals surface area contributed by atoms with Crippen molar-refractivity contribution in [3.63, 3.8) is 0 Å². The summed E-state index contributed by atoms with van der Waals surface area (Å²) in [6.07, 6.45) is 2.25. The minimum atomic E-state index is -0.258. The molecule has 1 amide bonds. The normalized spacial score (nSPS) is 16.0. The number of carbonyl (C=O) groups is 1. The van der Waals surface area contributed by atoms with Gasteiger partial charge in [0.25, 0.3) is 0 Å². The summed E-state index contributed by atoms with van der Waals surface area (Å²) in [5.74, 6) is 2.32. The maximum Gasteiger partial charge on any atom is 0.409 e. The molecule has 2 aromatic carbocycles. The van der Waals surface area contributed by atoms with Crippen LogP contribution >= 0.6 is 0 Å². The highest BCUT2D eigenvalue weighted by atomic mass is 16.6. The third-order valence-corrected chi connectivity index (χ3v) is 4.66. The van der Waals surface area contributed by atoms with Gasteiger partial charge in [0.15, 0.2) is 0 Å². The smallest absolute Gasteiger partial charge is 0.409 e. The van der Waals surface area contributed by atoms with Crippen molar-refractivity contribution in [3.05, 3.63) is 78.5 Å². The zero-order chi connectivity index (χ0) is 19.3. The Hall–Kier alpha value is -3.54. The minimum absolute atomic E-state index is 0.0819. The van der Waals surface area contributed by atoms with E-state index in [9.17, 15) is 4.79 Å². The summed E-state index contributed by atoms with van der Waals surface area (Å²) in [5.41, 5.74) is 2.08. The minimum Gasteiger partial charge on any atom is -0.457 e. The van der Waals surface area contributed by atoms with Gasteiger partial charge < -0.3 is 19.7 Å². The summed E-state index contributed by atoms with van der Waals surface area (Å²) < 4.78 is 11.0. The van der Waals surface area contributed by atoms with E-state index in [-0.39, 0.29) is 12.1 Å². The zero-order valence-corrected chi connectivity index (χ0v) is 15.5. The van der Waals surface area contributed by atoms with E-state index in [1.54, 1.807) is 18.1 Å². The van der Waals surface area contributed by atoms with Crippen molar-refractivity contribution in [2.45, 2.75) is 12.5 Å². The second kappa shape index (κ2) is 8.00. The number of pyridine rings is 1. The fourth-order valence-electron chi connectivity index (χ4n) is 3.02. The molecule has 1 atom stereocenters. The molecule has 0 radical (unpaired) electrons. The lowest BCUT2D eigenvalue weighted by Gasteiger charge is -2.16. The van der Waals surface area contributed by atoms with Crippen LogP contribution in [0, 0.1) is 0 Å². The van der Waals surface area contributed by atoms with E-state index in [2.05, 4.69) is 10.3 Å². The molecule has 1 aliphatic rings. The van der Waals surface area contributed by atoms with Crippen LogP contribution in [0.1, 0.15) is 5.56 Å². The molecule has 2 heterocycles. The van der Waals surface area contributed by atoms with Crippen LogP contribution in [0.4, 0.5) is 16.3 Å². The van der Waals surface area contributed by atoms with Crippen LogP contribution in [0.2, 0.25) is 0 Å². The first-order chi connectivity index (χ1) is 13.7. The van der Waals surface area contributed by atoms with Gasteiger partial charge in [-0.15, -0.1) is 0 Å². The van der Waals surface area contributed by atoms with E-state index < -0.39 is 0 Å². The molecule has 28 heavy (non-hydrogen) atoms. The first-order valence-corrected chi connectivity index (χ1v) is 9.12. The highest BCUT2D eigenvalue weighted by molar-refractivity contribution is 5.69. The Morgan fingerprint density at radius 2 is 1.79 bits per heavy atom. The van der Waals surface area contributed by atoms with Gasteiger partial charge >= 0.3 is 6.09 Å². The summed E-state index contributed by atoms with van der Waals surface area (Å²) in [6, 6.07) is 21.4. The molecule has 6 nitrogen and oxygen atoms in total. The second-order valence-electron chi connectivity index (χ2n) is 6.66. The lowest BCUT2D eigenvalue weighted by Crippen LogP contribution is -2.30. The van der Waals surface area contributed by atoms with E-state index in [0.29, 0.717) is 6.61 Å². The van der Waals surface area contributed by atoms with Crippen molar-refractivity contribution in [3.8, 4) is 11.5 Å². The highest BCUT2D eigenvalue weighted by Gasteiger charge is 2.29. The molecule has 3 aromatic rings. The largest absolute Gasteiger partial charge is 0.457 e. The number of aromatic nitrogens is 1. The lowest BCUT2D eigenvalue weighted by molar-refractivity contribution is 0.163. The number of hydrogen-bond donors (Lipinski definition) is 1. The highest BCUT2D eigenvalue weighted by Crippen LogP contribution is 2.25. The van der Waals surface area contributed by atoms with Gasteiger partial charge in [-0.05, 0) is 60.5 Å². The SMILES string of the molecule is CN1C(=O)OCC1Cc1ccc(Oc2ccc(Nc3ccccn3)cc2)cc1. The van der Waals surface area contributed by atoms with Crippen LogP contribution < -0.4 is 10.1 Å². The van der Waals surface area contributed by atoms with Crippen molar-refractivity contribution in [1.29, 1.82) is 0 Å². The molecular weight excluding hydrogens is 354 g/mol. The number of hydrogen-bond acceptors (Lipinski definition) is 5. The number of benzene rings is 2. The van der Waals surface area contributed by atoms with Crippen molar-refractivity contribution in [1.82, 2.24) is 9.88 Å². The van der Waals surface area contributed by atoms with Crippen molar-refractivity contribution in [2.24, 2.45) is 0 Å². The number of likely N-dealkylation sites (N-methyl/N-ethyl adjacent to an activating group) is 1. The van der Waals surface area contributed by atoms with E-state index in [0.717, 1.165) is 35.0 Å². The van der Waals surface area contributed by atoms with Gasteiger partial charge in [-0.3, -0.25) is 0 Å². The third-order valence-electron chi connectivity index (χ3n) is 4.66. The number of carbonyl (C=O) groups excluding carboxylic acids is 1. The molecule has 1 unspecified atom stereocenters. The van der Waals surface area contributed by atoms with Gasteiger partial charge in [0.05, 0.1) is 6.04 Å². The monoisotopic (exact) mass is 375 g/mol. The fraction of sp³-hybridized carbons (Fsp3) is 0.182. The Bertz CT molecular complexity index is 928. The second-order valence-corrected chi connectivity index (χ2v) is 6.66. The average Bonchev–Trinajstić information content (AvgIpc) is 3.04. The molecule has 1 aromatic heterocycles. The quantitative estimate of drug-likeness (QED) is 0.682. The Labute approximate surface area is 163 Å². The number of anilines is 2. The predicted molar refractivity (Wildman–Crippen MR) is 107 cm³/mol. The summed E-state index contributed by atoms with van der Waals surface area (Å²) >= 11 is 0. The van der Waals surface area contributed by atoms with Crippen molar-refractivity contribution in [2.75, 3.05) is 19.0 Å². The number of ether oxygens (including phenoxy) is 2. The molecule has 0 spiro atoms. The number of amides is 1. The van der Waals surface area contributed by atoms with Gasteiger partial charge in [-0.1, -0.05) is 18.2 Å². The molecule has 142 valence electrons. The van der Waals surface area contributed by atoms with Crippen LogP contribution in [0.15, 0.2) is 72.9 Å². The maximum absolute atomic E-state index is 11.4. The van der Waals surface area contributed by atoms with E-state index >= 15 is 0 Å². The Balaban J connectivity index is 1.34. The Morgan fingerprint density at radius 1 is 1.07 bits per heavy atom. The van der Waals surface area contributed by atoms with Crippen molar-refractivity contribution < 1.29 is 14.3 Å². The van der Waals surface area contributed by atoms with Crippen molar-refractivity contribution >= 4 is 17.6 Å². The zero-order valence-electron chi connectivity index (χ0n) is 15.5. The number of nitrogens with one attached hydrogen (secondary N) is 1. The molecule has 1 aliphatic heterocycles. The predicted octanol–water partition coefficient (Wildman–Crippen LogP) is 4.61. The number of nitrogens with zero attached hydrogens (tertiary/aromatic N) is 2. The number of rotatable bonds is 6. The lowest BCUT2D eigenvalue weighted by atomic mass is 10.1. The molecule has 1 fully saturated rings. The Morgan fingerprint density at radius 3 is 2.39 bits per heavy atom. The first-order valence-electron chi connectivity index (χ1n) is 9.12. The van der Waals surface area contributed by atoms with E-state index in [1.807, 2.05) is 66.7 Å². The standard InChI is InChI=1S/C22H21N3O3/c1-25-18(15-27-22(25)26)14-16-5-9-19(10-6-16)28-20-11-7-17(8-12-20)24-21-4-2-3-13-23-21/h2-13,18H,14-15H2,1H3,(H,23,24). The van der Waals surface area contributed by atoms with E-state index in [4.69, 9.17) is 9.47 Å².